The summed E-state index contributed by atoms with van der Waals surface area (Å²) < 4.78 is 0. The predicted molar refractivity (Wildman–Crippen MR) is 45.6 cm³/mol. The third-order valence-electron chi connectivity index (χ3n) is 2.60. The molecular formula is C8H13N3O. The minimum Gasteiger partial charge on any atom is -0.369 e. The Hall–Kier alpha value is -1.06. The van der Waals surface area contributed by atoms with Gasteiger partial charge in [-0.2, -0.15) is 4.99 Å². The van der Waals surface area contributed by atoms with Gasteiger partial charge in [0.15, 0.2) is 5.96 Å². The first-order valence-corrected chi connectivity index (χ1v) is 4.41. The Morgan fingerprint density at radius 3 is 2.58 bits per heavy atom. The zero-order chi connectivity index (χ0) is 8.55. The zero-order valence-corrected chi connectivity index (χ0v) is 6.99. The van der Waals surface area contributed by atoms with Crippen LogP contribution >= 0.6 is 0 Å². The summed E-state index contributed by atoms with van der Waals surface area (Å²) in [5.74, 6) is 0.325. The molecule has 1 heterocycles. The number of nitrogens with two attached hydrogens (primary N) is 1. The largest absolute Gasteiger partial charge is 0.369 e. The fourth-order valence-corrected chi connectivity index (χ4v) is 1.99. The van der Waals surface area contributed by atoms with Crippen LogP contribution in [0.15, 0.2) is 4.99 Å². The Kier molecular flexibility index (Phi) is 1.75. The van der Waals surface area contributed by atoms with E-state index >= 15 is 0 Å². The first kappa shape index (κ1) is 7.58. The van der Waals surface area contributed by atoms with E-state index in [-0.39, 0.29) is 5.91 Å². The molecule has 2 rings (SSSR count). The van der Waals surface area contributed by atoms with Crippen molar-refractivity contribution in [2.45, 2.75) is 31.7 Å². The maximum absolute atomic E-state index is 10.9. The maximum Gasteiger partial charge on any atom is 0.268 e. The van der Waals surface area contributed by atoms with Crippen molar-refractivity contribution in [3.05, 3.63) is 0 Å². The number of amides is 1. The van der Waals surface area contributed by atoms with Crippen LogP contribution in [-0.2, 0) is 4.79 Å². The van der Waals surface area contributed by atoms with Gasteiger partial charge in [0, 0.05) is 6.04 Å². The lowest BCUT2D eigenvalue weighted by molar-refractivity contribution is -0.117. The SMILES string of the molecule is NC1=NC(=O)CN1C1CCCC1. The van der Waals surface area contributed by atoms with Gasteiger partial charge in [-0.05, 0) is 12.8 Å². The third-order valence-corrected chi connectivity index (χ3v) is 2.60. The predicted octanol–water partition coefficient (Wildman–Crippen LogP) is 0.0859. The van der Waals surface area contributed by atoms with E-state index in [1.165, 1.54) is 12.8 Å². The maximum atomic E-state index is 10.9. The molecule has 1 saturated carbocycles. The summed E-state index contributed by atoms with van der Waals surface area (Å²) in [7, 11) is 0. The lowest BCUT2D eigenvalue weighted by atomic mass is 10.2. The monoisotopic (exact) mass is 167 g/mol. The van der Waals surface area contributed by atoms with Crippen molar-refractivity contribution in [2.24, 2.45) is 10.7 Å². The fourth-order valence-electron chi connectivity index (χ4n) is 1.99. The number of guanidine groups is 1. The Morgan fingerprint density at radius 1 is 1.42 bits per heavy atom. The molecule has 0 aromatic heterocycles. The summed E-state index contributed by atoms with van der Waals surface area (Å²) >= 11 is 0. The van der Waals surface area contributed by atoms with Gasteiger partial charge < -0.3 is 10.6 Å². The van der Waals surface area contributed by atoms with E-state index in [9.17, 15) is 4.79 Å². The van der Waals surface area contributed by atoms with Crippen LogP contribution in [0.2, 0.25) is 0 Å². The molecule has 66 valence electrons. The normalized spacial score (nSPS) is 25.2. The Morgan fingerprint density at radius 2 is 2.08 bits per heavy atom. The molecule has 2 aliphatic rings. The molecule has 1 fully saturated rings. The Bertz CT molecular complexity index is 230. The molecule has 0 atom stereocenters. The first-order chi connectivity index (χ1) is 5.77. The quantitative estimate of drug-likeness (QED) is 0.602. The second kappa shape index (κ2) is 2.77. The summed E-state index contributed by atoms with van der Waals surface area (Å²) in [5, 5.41) is 0. The average Bonchev–Trinajstić information content (AvgIpc) is 2.58. The second-order valence-corrected chi connectivity index (χ2v) is 3.43. The van der Waals surface area contributed by atoms with Crippen LogP contribution in [0.1, 0.15) is 25.7 Å². The minimum absolute atomic E-state index is 0.0978. The summed E-state index contributed by atoms with van der Waals surface area (Å²) in [6, 6.07) is 0.472. The molecule has 0 aromatic rings. The number of rotatable bonds is 1. The standard InChI is InChI=1S/C8H13N3O/c9-8-10-7(12)5-11(8)6-3-1-2-4-6/h6H,1-5H2,(H2,9,10,12). The number of carbonyl (C=O) groups is 1. The highest BCUT2D eigenvalue weighted by atomic mass is 16.2. The number of carbonyl (C=O) groups excluding carboxylic acids is 1. The third kappa shape index (κ3) is 1.17. The highest BCUT2D eigenvalue weighted by molar-refractivity contribution is 6.00. The Labute approximate surface area is 71.4 Å². The topological polar surface area (TPSA) is 58.7 Å². The van der Waals surface area contributed by atoms with Crippen LogP contribution in [0, 0.1) is 0 Å². The number of hydrogen-bond acceptors (Lipinski definition) is 3. The molecular weight excluding hydrogens is 154 g/mol. The molecule has 0 aromatic carbocycles. The van der Waals surface area contributed by atoms with E-state index in [0.717, 1.165) is 12.8 Å². The molecule has 12 heavy (non-hydrogen) atoms. The number of aliphatic imine (C=N–C) groups is 1. The molecule has 1 aliphatic heterocycles. The van der Waals surface area contributed by atoms with Crippen LogP contribution in [0.5, 0.6) is 0 Å². The molecule has 0 spiro atoms. The van der Waals surface area contributed by atoms with Gasteiger partial charge in [-0.25, -0.2) is 0 Å². The molecule has 0 unspecified atom stereocenters. The molecule has 0 saturated heterocycles. The van der Waals surface area contributed by atoms with Crippen LogP contribution in [-0.4, -0.2) is 29.4 Å². The highest BCUT2D eigenvalue weighted by Gasteiger charge is 2.29. The van der Waals surface area contributed by atoms with Gasteiger partial charge in [0.1, 0.15) is 6.54 Å². The zero-order valence-electron chi connectivity index (χ0n) is 6.99. The summed E-state index contributed by atoms with van der Waals surface area (Å²) in [5.41, 5.74) is 5.60. The minimum atomic E-state index is -0.0978. The van der Waals surface area contributed by atoms with Crippen molar-refractivity contribution in [2.75, 3.05) is 6.54 Å². The molecule has 0 bridgehead atoms. The van der Waals surface area contributed by atoms with Crippen molar-refractivity contribution in [3.8, 4) is 0 Å². The van der Waals surface area contributed by atoms with Crippen molar-refractivity contribution in [1.29, 1.82) is 0 Å². The number of hydrogen-bond donors (Lipinski definition) is 1. The highest BCUT2D eigenvalue weighted by Crippen LogP contribution is 2.24. The second-order valence-electron chi connectivity index (χ2n) is 3.43. The van der Waals surface area contributed by atoms with Crippen LogP contribution < -0.4 is 5.73 Å². The lowest BCUT2D eigenvalue weighted by Gasteiger charge is -2.23. The van der Waals surface area contributed by atoms with Crippen LogP contribution in [0.3, 0.4) is 0 Å². The van der Waals surface area contributed by atoms with Crippen molar-refractivity contribution < 1.29 is 4.79 Å². The van der Waals surface area contributed by atoms with Crippen LogP contribution in [0.25, 0.3) is 0 Å². The lowest BCUT2D eigenvalue weighted by Crippen LogP contribution is -2.41. The van der Waals surface area contributed by atoms with Crippen molar-refractivity contribution in [3.63, 3.8) is 0 Å². The van der Waals surface area contributed by atoms with E-state index in [0.29, 0.717) is 18.5 Å². The molecule has 2 N–H and O–H groups in total. The van der Waals surface area contributed by atoms with Gasteiger partial charge in [-0.1, -0.05) is 12.8 Å². The fraction of sp³-hybridized carbons (Fsp3) is 0.750. The van der Waals surface area contributed by atoms with Gasteiger partial charge in [0.25, 0.3) is 5.91 Å². The first-order valence-electron chi connectivity index (χ1n) is 4.41. The number of nitrogens with zero attached hydrogens (tertiary/aromatic N) is 2. The van der Waals surface area contributed by atoms with Gasteiger partial charge >= 0.3 is 0 Å². The van der Waals surface area contributed by atoms with Crippen LogP contribution in [0.4, 0.5) is 0 Å². The average molecular weight is 167 g/mol. The molecule has 1 amide bonds. The van der Waals surface area contributed by atoms with E-state index in [2.05, 4.69) is 4.99 Å². The van der Waals surface area contributed by atoms with Gasteiger partial charge in [0.2, 0.25) is 0 Å². The van der Waals surface area contributed by atoms with E-state index in [1.54, 1.807) is 0 Å². The van der Waals surface area contributed by atoms with Gasteiger partial charge in [0.05, 0.1) is 0 Å². The smallest absolute Gasteiger partial charge is 0.268 e. The summed E-state index contributed by atoms with van der Waals surface area (Å²) in [4.78, 5) is 16.5. The van der Waals surface area contributed by atoms with E-state index < -0.39 is 0 Å². The molecule has 4 nitrogen and oxygen atoms in total. The van der Waals surface area contributed by atoms with Gasteiger partial charge in [-0.15, -0.1) is 0 Å². The van der Waals surface area contributed by atoms with E-state index in [4.69, 9.17) is 5.73 Å². The molecule has 1 aliphatic carbocycles. The van der Waals surface area contributed by atoms with Gasteiger partial charge in [-0.3, -0.25) is 4.79 Å². The Balaban J connectivity index is 2.05. The van der Waals surface area contributed by atoms with Crippen molar-refractivity contribution in [1.82, 2.24) is 4.90 Å². The molecule has 4 heteroatoms. The molecule has 0 radical (unpaired) electrons. The summed E-state index contributed by atoms with van der Waals surface area (Å²) in [6.45, 7) is 0.399. The summed E-state index contributed by atoms with van der Waals surface area (Å²) in [6.07, 6.45) is 4.82. The van der Waals surface area contributed by atoms with Crippen molar-refractivity contribution >= 4 is 11.9 Å². The van der Waals surface area contributed by atoms with E-state index in [1.807, 2.05) is 4.90 Å².